The van der Waals surface area contributed by atoms with E-state index in [-0.39, 0.29) is 5.91 Å². The summed E-state index contributed by atoms with van der Waals surface area (Å²) < 4.78 is 5.38. The van der Waals surface area contributed by atoms with E-state index in [0.29, 0.717) is 12.2 Å². The fourth-order valence-electron chi connectivity index (χ4n) is 4.01. The first-order valence-corrected chi connectivity index (χ1v) is 14.1. The number of rotatable bonds is 5. The molecule has 8 nitrogen and oxygen atoms in total. The Kier molecular flexibility index (Phi) is 5.68. The molecular weight excluding hydrogens is 424 g/mol. The predicted octanol–water partition coefficient (Wildman–Crippen LogP) is 2.67. The van der Waals surface area contributed by atoms with Crippen LogP contribution >= 0.6 is 0 Å². The van der Waals surface area contributed by atoms with Crippen molar-refractivity contribution in [3.63, 3.8) is 0 Å². The number of amides is 4. The highest BCUT2D eigenvalue weighted by atomic mass is 28.3. The van der Waals surface area contributed by atoms with Crippen molar-refractivity contribution in [1.29, 1.82) is 0 Å². The molecule has 1 aliphatic heterocycles. The summed E-state index contributed by atoms with van der Waals surface area (Å²) >= 11 is 0. The van der Waals surface area contributed by atoms with Gasteiger partial charge in [-0.25, -0.2) is 14.5 Å². The molecule has 32 heavy (non-hydrogen) atoms. The third kappa shape index (κ3) is 4.20. The third-order valence-electron chi connectivity index (χ3n) is 5.78. The number of carbonyl (C=O) groups excluding carboxylic acids is 3. The number of nitrogens with one attached hydrogen (secondary N) is 2. The molecule has 0 bridgehead atoms. The van der Waals surface area contributed by atoms with E-state index >= 15 is 0 Å². The van der Waals surface area contributed by atoms with Gasteiger partial charge in [-0.1, -0.05) is 56.0 Å². The van der Waals surface area contributed by atoms with E-state index in [0.717, 1.165) is 15.8 Å². The lowest BCUT2D eigenvalue weighted by Gasteiger charge is -2.29. The normalized spacial score (nSPS) is 21.9. The van der Waals surface area contributed by atoms with Crippen LogP contribution in [0.5, 0.6) is 0 Å². The summed E-state index contributed by atoms with van der Waals surface area (Å²) in [5.74, 6) is -0.283. The first-order chi connectivity index (χ1) is 15.1. The number of nitrogens with zero attached hydrogens (tertiary/aromatic N) is 2. The molecule has 9 heteroatoms. The number of hydrogen-bond acceptors (Lipinski definition) is 4. The highest BCUT2D eigenvalue weighted by molar-refractivity contribution is 6.88. The second-order valence-corrected chi connectivity index (χ2v) is 14.3. The largest absolute Gasteiger partial charge is 0.439 e. The highest BCUT2D eigenvalue weighted by Crippen LogP contribution is 2.30. The maximum Gasteiger partial charge on any atom is 0.419 e. The third-order valence-corrected chi connectivity index (χ3v) is 7.68. The van der Waals surface area contributed by atoms with Crippen LogP contribution in [-0.2, 0) is 11.3 Å². The zero-order chi connectivity index (χ0) is 23.0. The topological polar surface area (TPSA) is 94.7 Å². The molecule has 0 unspecified atom stereocenters. The van der Waals surface area contributed by atoms with Gasteiger partial charge in [0.05, 0.1) is 14.1 Å². The molecule has 2 N–H and O–H groups in total. The number of carbonyl (C=O) groups is 3. The lowest BCUT2D eigenvalue weighted by atomic mass is 10.1. The van der Waals surface area contributed by atoms with E-state index in [2.05, 4.69) is 29.9 Å². The molecule has 3 atom stereocenters. The molecule has 168 valence electrons. The van der Waals surface area contributed by atoms with Crippen molar-refractivity contribution in [2.45, 2.75) is 44.4 Å². The van der Waals surface area contributed by atoms with Crippen LogP contribution in [0.4, 0.5) is 9.59 Å². The van der Waals surface area contributed by atoms with Gasteiger partial charge in [-0.2, -0.15) is 0 Å². The standard InChI is InChI=1S/C23H28N4O4Si/c1-26(14-15-8-6-5-7-9-15)22(29)27-20-16(10-12-18(20)31-23(27)30)25-21(28)17-11-13-19(24-17)32(2,3)4/h5-13,16,18,20,24H,14H2,1-4H3,(H,25,28)/t16-,18-,20+/m1/s1. The molecule has 1 fully saturated rings. The molecule has 0 spiro atoms. The maximum absolute atomic E-state index is 13.1. The van der Waals surface area contributed by atoms with E-state index < -0.39 is 38.4 Å². The Bertz CT molecular complexity index is 1060. The van der Waals surface area contributed by atoms with Crippen molar-refractivity contribution >= 4 is 31.4 Å². The van der Waals surface area contributed by atoms with Crippen LogP contribution in [0, 0.1) is 0 Å². The Morgan fingerprint density at radius 2 is 1.84 bits per heavy atom. The summed E-state index contributed by atoms with van der Waals surface area (Å²) in [6.07, 6.45) is 2.22. The predicted molar refractivity (Wildman–Crippen MR) is 123 cm³/mol. The minimum absolute atomic E-state index is 0.283. The second-order valence-electron chi connectivity index (χ2n) is 9.25. The van der Waals surface area contributed by atoms with E-state index in [1.165, 1.54) is 4.90 Å². The number of benzene rings is 1. The van der Waals surface area contributed by atoms with Gasteiger partial charge in [0.25, 0.3) is 5.91 Å². The number of H-pyrrole nitrogens is 1. The van der Waals surface area contributed by atoms with Crippen LogP contribution in [0.1, 0.15) is 16.1 Å². The van der Waals surface area contributed by atoms with Gasteiger partial charge >= 0.3 is 12.1 Å². The van der Waals surface area contributed by atoms with E-state index in [1.54, 1.807) is 25.3 Å². The Balaban J connectivity index is 1.47. The first kappa shape index (κ1) is 21.9. The average Bonchev–Trinajstić information content (AvgIpc) is 3.44. The molecule has 1 aliphatic carbocycles. The summed E-state index contributed by atoms with van der Waals surface area (Å²) in [4.78, 5) is 44.3. The van der Waals surface area contributed by atoms with Gasteiger partial charge in [0, 0.05) is 13.6 Å². The van der Waals surface area contributed by atoms with Crippen molar-refractivity contribution in [3.8, 4) is 0 Å². The molecule has 1 saturated heterocycles. The molecule has 1 aromatic carbocycles. The van der Waals surface area contributed by atoms with Gasteiger partial charge in [0.2, 0.25) is 0 Å². The second kappa shape index (κ2) is 8.31. The van der Waals surface area contributed by atoms with Gasteiger partial charge in [0.15, 0.2) is 0 Å². The van der Waals surface area contributed by atoms with Crippen molar-refractivity contribution < 1.29 is 19.1 Å². The van der Waals surface area contributed by atoms with Gasteiger partial charge in [-0.15, -0.1) is 0 Å². The van der Waals surface area contributed by atoms with Crippen molar-refractivity contribution in [3.05, 3.63) is 65.9 Å². The Morgan fingerprint density at radius 3 is 2.50 bits per heavy atom. The number of aromatic nitrogens is 1. The fraction of sp³-hybridized carbons (Fsp3) is 0.348. The van der Waals surface area contributed by atoms with Crippen LogP contribution in [0.15, 0.2) is 54.6 Å². The Hall–Kier alpha value is -3.33. The minimum Gasteiger partial charge on any atom is -0.439 e. The van der Waals surface area contributed by atoms with Crippen LogP contribution in [-0.4, -0.2) is 66.1 Å². The Labute approximate surface area is 188 Å². The number of aromatic amines is 1. The number of imide groups is 1. The molecule has 0 saturated carbocycles. The van der Waals surface area contributed by atoms with E-state index in [9.17, 15) is 14.4 Å². The van der Waals surface area contributed by atoms with Gasteiger partial charge in [-0.3, -0.25) is 4.79 Å². The molecule has 2 aliphatic rings. The number of fused-ring (bicyclic) bond motifs is 1. The fourth-order valence-corrected chi connectivity index (χ4v) is 5.11. The summed E-state index contributed by atoms with van der Waals surface area (Å²) in [6, 6.07) is 11.6. The highest BCUT2D eigenvalue weighted by Gasteiger charge is 2.51. The lowest BCUT2D eigenvalue weighted by molar-refractivity contribution is 0.0920. The van der Waals surface area contributed by atoms with Crippen LogP contribution in [0.25, 0.3) is 0 Å². The summed E-state index contributed by atoms with van der Waals surface area (Å²) in [7, 11) is 0.0651. The van der Waals surface area contributed by atoms with Crippen molar-refractivity contribution in [2.75, 3.05) is 7.05 Å². The summed E-state index contributed by atoms with van der Waals surface area (Å²) in [6.45, 7) is 6.94. The van der Waals surface area contributed by atoms with Crippen LogP contribution in [0.3, 0.4) is 0 Å². The average molecular weight is 453 g/mol. The molecule has 4 rings (SSSR count). The zero-order valence-electron chi connectivity index (χ0n) is 18.7. The number of hydrogen-bond donors (Lipinski definition) is 2. The minimum atomic E-state index is -1.58. The number of urea groups is 1. The summed E-state index contributed by atoms with van der Waals surface area (Å²) in [5.41, 5.74) is 1.41. The number of ether oxygens (including phenoxy) is 1. The molecule has 2 aromatic rings. The smallest absolute Gasteiger partial charge is 0.419 e. The van der Waals surface area contributed by atoms with Crippen molar-refractivity contribution in [1.82, 2.24) is 20.1 Å². The zero-order valence-corrected chi connectivity index (χ0v) is 19.7. The van der Waals surface area contributed by atoms with Gasteiger partial charge in [-0.05, 0) is 29.1 Å². The van der Waals surface area contributed by atoms with Crippen LogP contribution < -0.4 is 10.6 Å². The molecule has 2 heterocycles. The molecule has 0 radical (unpaired) electrons. The molecule has 1 aromatic heterocycles. The molecule has 4 amide bonds. The Morgan fingerprint density at radius 1 is 1.12 bits per heavy atom. The van der Waals surface area contributed by atoms with E-state index in [4.69, 9.17) is 4.74 Å². The first-order valence-electron chi connectivity index (χ1n) is 10.6. The van der Waals surface area contributed by atoms with E-state index in [1.807, 2.05) is 36.4 Å². The van der Waals surface area contributed by atoms with Gasteiger partial charge in [0.1, 0.15) is 17.8 Å². The molecular formula is C23H28N4O4Si. The monoisotopic (exact) mass is 452 g/mol. The van der Waals surface area contributed by atoms with Gasteiger partial charge < -0.3 is 19.9 Å². The van der Waals surface area contributed by atoms with Crippen LogP contribution in [0.2, 0.25) is 19.6 Å². The SMILES string of the molecule is CN(Cc1ccccc1)C(=O)N1C(=O)O[C@@H]2C=C[C@@H](NC(=O)c3ccc([Si](C)(C)C)[nH]3)[C@@H]21. The summed E-state index contributed by atoms with van der Waals surface area (Å²) in [5, 5.41) is 4.02. The lowest BCUT2D eigenvalue weighted by Crippen LogP contribution is -2.54. The quantitative estimate of drug-likeness (QED) is 0.539. The van der Waals surface area contributed by atoms with Crippen molar-refractivity contribution in [2.24, 2.45) is 0 Å². The maximum atomic E-state index is 13.1.